The maximum atomic E-state index is 12.7. The Hall–Kier alpha value is -2.88. The molecule has 0 aliphatic carbocycles. The van der Waals surface area contributed by atoms with Gasteiger partial charge in [0.1, 0.15) is 0 Å². The second-order valence-corrected chi connectivity index (χ2v) is 5.19. The van der Waals surface area contributed by atoms with Crippen molar-refractivity contribution in [2.45, 2.75) is 13.5 Å². The molecule has 0 amide bonds. The Bertz CT molecular complexity index is 911. The fourth-order valence-electron chi connectivity index (χ4n) is 2.74. The highest BCUT2D eigenvalue weighted by atomic mass is 16.4. The highest BCUT2D eigenvalue weighted by Crippen LogP contribution is 2.20. The van der Waals surface area contributed by atoms with Gasteiger partial charge in [-0.1, -0.05) is 48.5 Å². The van der Waals surface area contributed by atoms with Crippen molar-refractivity contribution in [3.05, 3.63) is 81.8 Å². The van der Waals surface area contributed by atoms with Crippen LogP contribution in [0.3, 0.4) is 0 Å². The second-order valence-electron chi connectivity index (χ2n) is 5.19. The average Bonchev–Trinajstić information content (AvgIpc) is 2.52. The number of hydrogen-bond acceptors (Lipinski definition) is 2. The molecule has 1 heterocycles. The first kappa shape index (κ1) is 14.1. The number of rotatable bonds is 3. The molecule has 4 heteroatoms. The van der Waals surface area contributed by atoms with Gasteiger partial charge < -0.3 is 9.67 Å². The van der Waals surface area contributed by atoms with E-state index in [0.29, 0.717) is 23.0 Å². The van der Waals surface area contributed by atoms with Gasteiger partial charge in [0.05, 0.1) is 12.1 Å². The van der Waals surface area contributed by atoms with Crippen LogP contribution in [0.2, 0.25) is 0 Å². The van der Waals surface area contributed by atoms with Crippen LogP contribution in [-0.2, 0) is 6.54 Å². The molecule has 0 unspecified atom stereocenters. The molecule has 0 spiro atoms. The first-order valence-corrected chi connectivity index (χ1v) is 6.99. The largest absolute Gasteiger partial charge is 0.478 e. The van der Waals surface area contributed by atoms with Crippen molar-refractivity contribution in [1.29, 1.82) is 0 Å². The van der Waals surface area contributed by atoms with Crippen molar-refractivity contribution >= 4 is 16.7 Å². The fourth-order valence-corrected chi connectivity index (χ4v) is 2.74. The van der Waals surface area contributed by atoms with Crippen LogP contribution in [0.15, 0.2) is 59.4 Å². The van der Waals surface area contributed by atoms with Gasteiger partial charge in [-0.2, -0.15) is 0 Å². The average molecular weight is 293 g/mol. The third-order valence-corrected chi connectivity index (χ3v) is 3.84. The number of carboxylic acids is 1. The summed E-state index contributed by atoms with van der Waals surface area (Å²) in [6.07, 6.45) is 0. The molecule has 0 aliphatic heterocycles. The Morgan fingerprint density at radius 2 is 1.59 bits per heavy atom. The zero-order valence-electron chi connectivity index (χ0n) is 12.1. The molecule has 4 nitrogen and oxygen atoms in total. The van der Waals surface area contributed by atoms with Gasteiger partial charge in [-0.05, 0) is 18.6 Å². The van der Waals surface area contributed by atoms with E-state index in [1.54, 1.807) is 31.2 Å². The Morgan fingerprint density at radius 3 is 2.23 bits per heavy atom. The van der Waals surface area contributed by atoms with Gasteiger partial charge in [0, 0.05) is 16.5 Å². The zero-order chi connectivity index (χ0) is 15.7. The number of nitrogens with zero attached hydrogens (tertiary/aromatic N) is 1. The minimum Gasteiger partial charge on any atom is -0.478 e. The van der Waals surface area contributed by atoms with Crippen LogP contribution in [0.25, 0.3) is 10.8 Å². The number of carbonyl (C=O) groups is 1. The maximum Gasteiger partial charge on any atom is 0.338 e. The summed E-state index contributed by atoms with van der Waals surface area (Å²) < 4.78 is 1.53. The quantitative estimate of drug-likeness (QED) is 0.807. The number of aromatic nitrogens is 1. The van der Waals surface area contributed by atoms with Crippen LogP contribution in [-0.4, -0.2) is 15.6 Å². The molecular formula is C18H15NO3. The van der Waals surface area contributed by atoms with Crippen molar-refractivity contribution in [3.63, 3.8) is 0 Å². The molecule has 0 saturated heterocycles. The lowest BCUT2D eigenvalue weighted by atomic mass is 10.0. The van der Waals surface area contributed by atoms with Crippen molar-refractivity contribution in [2.75, 3.05) is 0 Å². The Labute approximate surface area is 127 Å². The van der Waals surface area contributed by atoms with E-state index in [9.17, 15) is 14.7 Å². The summed E-state index contributed by atoms with van der Waals surface area (Å²) in [7, 11) is 0. The Balaban J connectivity index is 2.31. The van der Waals surface area contributed by atoms with E-state index in [4.69, 9.17) is 0 Å². The molecule has 0 radical (unpaired) electrons. The summed E-state index contributed by atoms with van der Waals surface area (Å²) in [6.45, 7) is 2.04. The number of carboxylic acid groups (broad SMARTS) is 1. The molecule has 0 saturated carbocycles. The lowest BCUT2D eigenvalue weighted by molar-refractivity contribution is 0.0697. The summed E-state index contributed by atoms with van der Waals surface area (Å²) in [5.74, 6) is -1.02. The summed E-state index contributed by atoms with van der Waals surface area (Å²) >= 11 is 0. The lowest BCUT2D eigenvalue weighted by Gasteiger charge is -2.15. The van der Waals surface area contributed by atoms with Gasteiger partial charge in [0.2, 0.25) is 0 Å². The number of hydrogen-bond donors (Lipinski definition) is 1. The summed E-state index contributed by atoms with van der Waals surface area (Å²) in [5.41, 5.74) is 1.45. The van der Waals surface area contributed by atoms with E-state index >= 15 is 0 Å². The molecular weight excluding hydrogens is 278 g/mol. The fraction of sp³-hybridized carbons (Fsp3) is 0.111. The highest BCUT2D eigenvalue weighted by molar-refractivity contribution is 6.04. The van der Waals surface area contributed by atoms with Gasteiger partial charge in [-0.15, -0.1) is 0 Å². The highest BCUT2D eigenvalue weighted by Gasteiger charge is 2.18. The standard InChI is InChI=1S/C18H15NO3/c1-12-16(18(21)22)14-9-5-6-10-15(14)17(20)19(12)11-13-7-3-2-4-8-13/h2-10H,11H2,1H3,(H,21,22). The lowest BCUT2D eigenvalue weighted by Crippen LogP contribution is -2.26. The number of fused-ring (bicyclic) bond motifs is 1. The van der Waals surface area contributed by atoms with Crippen molar-refractivity contribution in [2.24, 2.45) is 0 Å². The predicted octanol–water partition coefficient (Wildman–Crippen LogP) is 3.06. The van der Waals surface area contributed by atoms with E-state index < -0.39 is 5.97 Å². The molecule has 3 rings (SSSR count). The van der Waals surface area contributed by atoms with Gasteiger partial charge >= 0.3 is 5.97 Å². The summed E-state index contributed by atoms with van der Waals surface area (Å²) in [4.78, 5) is 24.3. The molecule has 1 N–H and O–H groups in total. The van der Waals surface area contributed by atoms with Gasteiger partial charge in [0.15, 0.2) is 0 Å². The maximum absolute atomic E-state index is 12.7. The second kappa shape index (κ2) is 5.48. The third kappa shape index (κ3) is 2.29. The van der Waals surface area contributed by atoms with Crippen LogP contribution in [0.4, 0.5) is 0 Å². The minimum atomic E-state index is -1.02. The van der Waals surface area contributed by atoms with Gasteiger partial charge in [-0.3, -0.25) is 4.79 Å². The first-order valence-electron chi connectivity index (χ1n) is 6.99. The van der Waals surface area contributed by atoms with Gasteiger partial charge in [0.25, 0.3) is 5.56 Å². The van der Waals surface area contributed by atoms with E-state index in [1.807, 2.05) is 30.3 Å². The number of aromatic carboxylic acids is 1. The smallest absolute Gasteiger partial charge is 0.338 e. The minimum absolute atomic E-state index is 0.165. The van der Waals surface area contributed by atoms with E-state index in [0.717, 1.165) is 5.56 Å². The number of benzene rings is 2. The summed E-state index contributed by atoms with van der Waals surface area (Å²) in [5, 5.41) is 10.4. The third-order valence-electron chi connectivity index (χ3n) is 3.84. The van der Waals surface area contributed by atoms with Crippen LogP contribution >= 0.6 is 0 Å². The van der Waals surface area contributed by atoms with Crippen LogP contribution in [0, 0.1) is 6.92 Å². The van der Waals surface area contributed by atoms with Crippen molar-refractivity contribution in [1.82, 2.24) is 4.57 Å². The Morgan fingerprint density at radius 1 is 1.00 bits per heavy atom. The monoisotopic (exact) mass is 293 g/mol. The van der Waals surface area contributed by atoms with E-state index in [-0.39, 0.29) is 11.1 Å². The topological polar surface area (TPSA) is 59.3 Å². The van der Waals surface area contributed by atoms with Gasteiger partial charge in [-0.25, -0.2) is 4.79 Å². The van der Waals surface area contributed by atoms with E-state index in [2.05, 4.69) is 0 Å². The molecule has 0 aliphatic rings. The van der Waals surface area contributed by atoms with Crippen LogP contribution in [0.5, 0.6) is 0 Å². The molecule has 3 aromatic rings. The van der Waals surface area contributed by atoms with Crippen molar-refractivity contribution < 1.29 is 9.90 Å². The summed E-state index contributed by atoms with van der Waals surface area (Å²) in [6, 6.07) is 16.4. The Kier molecular flexibility index (Phi) is 3.51. The van der Waals surface area contributed by atoms with Crippen molar-refractivity contribution in [3.8, 4) is 0 Å². The van der Waals surface area contributed by atoms with E-state index in [1.165, 1.54) is 4.57 Å². The van der Waals surface area contributed by atoms with Crippen LogP contribution < -0.4 is 5.56 Å². The van der Waals surface area contributed by atoms with Crippen LogP contribution in [0.1, 0.15) is 21.6 Å². The zero-order valence-corrected chi connectivity index (χ0v) is 12.1. The SMILES string of the molecule is Cc1c(C(=O)O)c2ccccc2c(=O)n1Cc1ccccc1. The molecule has 110 valence electrons. The first-order chi connectivity index (χ1) is 10.6. The molecule has 2 aromatic carbocycles. The molecule has 0 bridgehead atoms. The molecule has 22 heavy (non-hydrogen) atoms. The molecule has 1 aromatic heterocycles. The number of pyridine rings is 1. The molecule has 0 atom stereocenters. The predicted molar refractivity (Wildman–Crippen MR) is 85.4 cm³/mol. The normalized spacial score (nSPS) is 10.8. The molecule has 0 fully saturated rings.